The van der Waals surface area contributed by atoms with E-state index in [1.165, 1.54) is 0 Å². The van der Waals surface area contributed by atoms with Crippen LogP contribution in [0.1, 0.15) is 48.0 Å². The van der Waals surface area contributed by atoms with Crippen LogP contribution < -0.4 is 0 Å². The molecule has 0 saturated carbocycles. The van der Waals surface area contributed by atoms with Crippen LogP contribution in [-0.4, -0.2) is 37.0 Å². The second-order valence-corrected chi connectivity index (χ2v) is 5.22. The molecule has 0 aliphatic rings. The third-order valence-corrected chi connectivity index (χ3v) is 1.99. The fourth-order valence-electron chi connectivity index (χ4n) is 1.06. The molecule has 17 heavy (non-hydrogen) atoms. The smallest absolute Gasteiger partial charge is 0.305 e. The van der Waals surface area contributed by atoms with E-state index >= 15 is 0 Å². The zero-order valence-corrected chi connectivity index (χ0v) is 11.9. The Balaban J connectivity index is 3.69. The molecule has 0 spiro atoms. The Labute approximate surface area is 105 Å². The van der Waals surface area contributed by atoms with Crippen LogP contribution in [0.5, 0.6) is 0 Å². The Morgan fingerprint density at radius 3 is 2.18 bits per heavy atom. The van der Waals surface area contributed by atoms with Crippen molar-refractivity contribution >= 4 is 5.97 Å². The van der Waals surface area contributed by atoms with Crippen molar-refractivity contribution in [3.8, 4) is 0 Å². The molecule has 4 heteroatoms. The summed E-state index contributed by atoms with van der Waals surface area (Å²) in [5.74, 6) is -0.195. The maximum Gasteiger partial charge on any atom is 0.305 e. The van der Waals surface area contributed by atoms with Crippen molar-refractivity contribution < 1.29 is 19.0 Å². The van der Waals surface area contributed by atoms with Crippen molar-refractivity contribution in [3.05, 3.63) is 0 Å². The van der Waals surface area contributed by atoms with Gasteiger partial charge < -0.3 is 14.2 Å². The quantitative estimate of drug-likeness (QED) is 0.648. The van der Waals surface area contributed by atoms with Crippen molar-refractivity contribution in [2.45, 2.75) is 65.8 Å². The minimum Gasteiger partial charge on any atom is -0.460 e. The van der Waals surface area contributed by atoms with E-state index in [-0.39, 0.29) is 23.8 Å². The van der Waals surface area contributed by atoms with Crippen LogP contribution in [0.2, 0.25) is 0 Å². The van der Waals surface area contributed by atoms with Crippen LogP contribution in [0.4, 0.5) is 0 Å². The summed E-state index contributed by atoms with van der Waals surface area (Å²) in [6.07, 6.45) is 0.184. The van der Waals surface area contributed by atoms with Gasteiger partial charge in [0.25, 0.3) is 0 Å². The number of hydrogen-bond acceptors (Lipinski definition) is 4. The van der Waals surface area contributed by atoms with Gasteiger partial charge >= 0.3 is 5.97 Å². The van der Waals surface area contributed by atoms with E-state index in [1.807, 2.05) is 34.6 Å². The van der Waals surface area contributed by atoms with Gasteiger partial charge in [0.1, 0.15) is 6.10 Å². The van der Waals surface area contributed by atoms with Gasteiger partial charge in [0.15, 0.2) is 0 Å². The zero-order valence-electron chi connectivity index (χ0n) is 11.9. The molecule has 102 valence electrons. The summed E-state index contributed by atoms with van der Waals surface area (Å²) in [7, 11) is 0. The molecule has 0 amide bonds. The van der Waals surface area contributed by atoms with Crippen molar-refractivity contribution in [3.63, 3.8) is 0 Å². The summed E-state index contributed by atoms with van der Waals surface area (Å²) in [5.41, 5.74) is -0.155. The summed E-state index contributed by atoms with van der Waals surface area (Å²) in [4.78, 5) is 11.0. The van der Waals surface area contributed by atoms with Gasteiger partial charge in [-0.15, -0.1) is 0 Å². The highest BCUT2D eigenvalue weighted by Crippen LogP contribution is 2.08. The first-order chi connectivity index (χ1) is 7.74. The molecular formula is C13H26O4. The van der Waals surface area contributed by atoms with Crippen molar-refractivity contribution in [2.75, 3.05) is 13.2 Å². The molecule has 2 atom stereocenters. The fourth-order valence-corrected chi connectivity index (χ4v) is 1.06. The molecule has 0 rings (SSSR count). The summed E-state index contributed by atoms with van der Waals surface area (Å²) in [6, 6.07) is 0. The predicted octanol–water partition coefficient (Wildman–Crippen LogP) is 2.55. The van der Waals surface area contributed by atoms with Gasteiger partial charge in [-0.1, -0.05) is 6.92 Å². The average Bonchev–Trinajstić information content (AvgIpc) is 2.22. The minimum absolute atomic E-state index is 0.00277. The lowest BCUT2D eigenvalue weighted by atomic mass is 10.2. The topological polar surface area (TPSA) is 44.8 Å². The first kappa shape index (κ1) is 16.4. The van der Waals surface area contributed by atoms with Crippen molar-refractivity contribution in [1.82, 2.24) is 0 Å². The Hall–Kier alpha value is -0.610. The number of carbonyl (C=O) groups excluding carboxylic acids is 1. The molecule has 0 aliphatic carbocycles. The zero-order chi connectivity index (χ0) is 13.5. The van der Waals surface area contributed by atoms with Gasteiger partial charge in [0.2, 0.25) is 0 Å². The SMILES string of the molecule is CCC(=O)OC(C)COC(C)COC(C)(C)C. The van der Waals surface area contributed by atoms with Gasteiger partial charge in [-0.3, -0.25) is 4.79 Å². The van der Waals surface area contributed by atoms with E-state index in [2.05, 4.69) is 0 Å². The Morgan fingerprint density at radius 2 is 1.71 bits per heavy atom. The molecule has 2 unspecified atom stereocenters. The number of esters is 1. The second-order valence-electron chi connectivity index (χ2n) is 5.22. The molecule has 0 aromatic carbocycles. The molecule has 0 radical (unpaired) electrons. The molecule has 0 saturated heterocycles. The summed E-state index contributed by atoms with van der Waals surface area (Å²) >= 11 is 0. The van der Waals surface area contributed by atoms with Crippen LogP contribution in [0, 0.1) is 0 Å². The molecule has 0 N–H and O–H groups in total. The summed E-state index contributed by atoms with van der Waals surface area (Å²) in [5, 5.41) is 0. The van der Waals surface area contributed by atoms with Crippen LogP contribution in [0.15, 0.2) is 0 Å². The highest BCUT2D eigenvalue weighted by molar-refractivity contribution is 5.69. The van der Waals surface area contributed by atoms with Gasteiger partial charge in [-0.25, -0.2) is 0 Å². The van der Waals surface area contributed by atoms with Crippen LogP contribution in [-0.2, 0) is 19.0 Å². The largest absolute Gasteiger partial charge is 0.460 e. The lowest BCUT2D eigenvalue weighted by Gasteiger charge is -2.23. The monoisotopic (exact) mass is 246 g/mol. The van der Waals surface area contributed by atoms with Crippen molar-refractivity contribution in [1.29, 1.82) is 0 Å². The Morgan fingerprint density at radius 1 is 1.12 bits per heavy atom. The van der Waals surface area contributed by atoms with Gasteiger partial charge in [-0.2, -0.15) is 0 Å². The summed E-state index contributed by atoms with van der Waals surface area (Å²) in [6.45, 7) is 12.5. The number of rotatable bonds is 7. The van der Waals surface area contributed by atoms with E-state index < -0.39 is 0 Å². The van der Waals surface area contributed by atoms with Gasteiger partial charge in [0.05, 0.1) is 24.9 Å². The minimum atomic E-state index is -0.209. The number of carbonyl (C=O) groups is 1. The lowest BCUT2D eigenvalue weighted by molar-refractivity contribution is -0.152. The normalized spacial score (nSPS) is 15.4. The third kappa shape index (κ3) is 10.3. The first-order valence-electron chi connectivity index (χ1n) is 6.19. The second kappa shape index (κ2) is 7.67. The van der Waals surface area contributed by atoms with Crippen LogP contribution in [0.3, 0.4) is 0 Å². The molecule has 0 heterocycles. The Kier molecular flexibility index (Phi) is 7.39. The maximum atomic E-state index is 11.0. The molecule has 0 fully saturated rings. The van der Waals surface area contributed by atoms with Gasteiger partial charge in [0, 0.05) is 6.42 Å². The van der Waals surface area contributed by atoms with Crippen molar-refractivity contribution in [2.24, 2.45) is 0 Å². The summed E-state index contributed by atoms with van der Waals surface area (Å²) < 4.78 is 16.2. The standard InChI is InChI=1S/C13H26O4/c1-7-12(14)17-11(3)8-15-10(2)9-16-13(4,5)6/h10-11H,7-9H2,1-6H3. The average molecular weight is 246 g/mol. The molecular weight excluding hydrogens is 220 g/mol. The van der Waals surface area contributed by atoms with E-state index in [4.69, 9.17) is 14.2 Å². The molecule has 0 aliphatic heterocycles. The first-order valence-corrected chi connectivity index (χ1v) is 6.19. The highest BCUT2D eigenvalue weighted by Gasteiger charge is 2.14. The molecule has 0 bridgehead atoms. The maximum absolute atomic E-state index is 11.0. The van der Waals surface area contributed by atoms with E-state index in [0.29, 0.717) is 19.6 Å². The van der Waals surface area contributed by atoms with E-state index in [9.17, 15) is 4.79 Å². The predicted molar refractivity (Wildman–Crippen MR) is 67.0 cm³/mol. The van der Waals surface area contributed by atoms with Crippen LogP contribution in [0.25, 0.3) is 0 Å². The fraction of sp³-hybridized carbons (Fsp3) is 0.923. The third-order valence-electron chi connectivity index (χ3n) is 1.99. The molecule has 0 aromatic rings. The van der Waals surface area contributed by atoms with Gasteiger partial charge in [-0.05, 0) is 34.6 Å². The highest BCUT2D eigenvalue weighted by atomic mass is 16.6. The Bertz CT molecular complexity index is 220. The van der Waals surface area contributed by atoms with E-state index in [0.717, 1.165) is 0 Å². The molecule has 4 nitrogen and oxygen atoms in total. The lowest BCUT2D eigenvalue weighted by Crippen LogP contribution is -2.29. The molecule has 0 aromatic heterocycles. The number of ether oxygens (including phenoxy) is 3. The van der Waals surface area contributed by atoms with Crippen LogP contribution >= 0.6 is 0 Å². The number of hydrogen-bond donors (Lipinski definition) is 0. The van der Waals surface area contributed by atoms with E-state index in [1.54, 1.807) is 6.92 Å².